The van der Waals surface area contributed by atoms with E-state index < -0.39 is 12.0 Å². The third-order valence-corrected chi connectivity index (χ3v) is 6.94. The van der Waals surface area contributed by atoms with Crippen molar-refractivity contribution in [2.45, 2.75) is 25.3 Å². The first kappa shape index (κ1) is 16.7. The van der Waals surface area contributed by atoms with Gasteiger partial charge in [-0.25, -0.2) is 4.79 Å². The highest BCUT2D eigenvalue weighted by molar-refractivity contribution is 14.1. The molecular formula is C13H12I3NO3. The maximum absolute atomic E-state index is 12.7. The van der Waals surface area contributed by atoms with Gasteiger partial charge >= 0.3 is 5.97 Å². The van der Waals surface area contributed by atoms with E-state index in [4.69, 9.17) is 0 Å². The molecule has 1 amide bonds. The van der Waals surface area contributed by atoms with Crippen molar-refractivity contribution in [3.05, 3.63) is 28.4 Å². The normalized spacial score (nSPS) is 18.9. The van der Waals surface area contributed by atoms with Crippen molar-refractivity contribution in [3.63, 3.8) is 0 Å². The lowest BCUT2D eigenvalue weighted by molar-refractivity contribution is -0.143. The Morgan fingerprint density at radius 2 is 1.90 bits per heavy atom. The summed E-state index contributed by atoms with van der Waals surface area (Å²) >= 11 is 6.53. The number of carbonyl (C=O) groups is 2. The lowest BCUT2D eigenvalue weighted by atomic mass is 10.0. The summed E-state index contributed by atoms with van der Waals surface area (Å²) in [5.74, 6) is -1.08. The number of carboxylic acid groups (broad SMARTS) is 1. The number of carbonyl (C=O) groups excluding carboxylic acids is 1. The number of hydrogen-bond donors (Lipinski definition) is 1. The van der Waals surface area contributed by atoms with Gasteiger partial charge in [0.1, 0.15) is 6.04 Å². The van der Waals surface area contributed by atoms with E-state index >= 15 is 0 Å². The number of aliphatic carboxylic acids is 1. The fourth-order valence-corrected chi connectivity index (χ4v) is 4.68. The maximum atomic E-state index is 12.7. The third-order valence-electron chi connectivity index (χ3n) is 3.27. The first-order valence-corrected chi connectivity index (χ1v) is 9.33. The molecule has 1 N–H and O–H groups in total. The topological polar surface area (TPSA) is 57.6 Å². The average Bonchev–Trinajstić information content (AvgIpc) is 2.42. The highest BCUT2D eigenvalue weighted by Crippen LogP contribution is 2.26. The summed E-state index contributed by atoms with van der Waals surface area (Å²) in [6.45, 7) is 0.522. The van der Waals surface area contributed by atoms with Gasteiger partial charge in [0.25, 0.3) is 5.91 Å². The molecule has 2 rings (SSSR count). The Labute approximate surface area is 158 Å². The number of rotatable bonds is 2. The van der Waals surface area contributed by atoms with E-state index in [-0.39, 0.29) is 5.91 Å². The molecule has 1 aliphatic rings. The zero-order valence-corrected chi connectivity index (χ0v) is 16.9. The molecule has 0 aliphatic carbocycles. The summed E-state index contributed by atoms with van der Waals surface area (Å²) in [6.07, 6.45) is 2.27. The highest BCUT2D eigenvalue weighted by atomic mass is 127. The smallest absolute Gasteiger partial charge is 0.326 e. The molecule has 20 heavy (non-hydrogen) atoms. The van der Waals surface area contributed by atoms with E-state index in [0.717, 1.165) is 23.6 Å². The Morgan fingerprint density at radius 3 is 2.55 bits per heavy atom. The molecule has 0 aromatic heterocycles. The fourth-order valence-electron chi connectivity index (χ4n) is 2.30. The molecule has 1 saturated heterocycles. The second-order valence-corrected chi connectivity index (χ2v) is 8.08. The molecule has 0 saturated carbocycles. The summed E-state index contributed by atoms with van der Waals surface area (Å²) in [7, 11) is 0. The molecule has 1 aliphatic heterocycles. The van der Waals surface area contributed by atoms with Crippen molar-refractivity contribution in [2.24, 2.45) is 0 Å². The molecule has 1 unspecified atom stereocenters. The second kappa shape index (κ2) is 7.07. The minimum absolute atomic E-state index is 0.169. The number of nitrogens with zero attached hydrogens (tertiary/aromatic N) is 1. The molecule has 108 valence electrons. The molecule has 7 heteroatoms. The van der Waals surface area contributed by atoms with Crippen molar-refractivity contribution >= 4 is 79.6 Å². The van der Waals surface area contributed by atoms with Crippen LogP contribution >= 0.6 is 67.8 Å². The Balaban J connectivity index is 2.37. The van der Waals surface area contributed by atoms with Gasteiger partial charge in [0.15, 0.2) is 0 Å². The van der Waals surface area contributed by atoms with Crippen molar-refractivity contribution in [1.29, 1.82) is 0 Å². The largest absolute Gasteiger partial charge is 0.480 e. The van der Waals surface area contributed by atoms with E-state index in [9.17, 15) is 14.7 Å². The minimum Gasteiger partial charge on any atom is -0.480 e. The first-order chi connectivity index (χ1) is 9.41. The van der Waals surface area contributed by atoms with Gasteiger partial charge < -0.3 is 10.0 Å². The molecule has 0 radical (unpaired) electrons. The number of carboxylic acids is 1. The van der Waals surface area contributed by atoms with E-state index in [1.54, 1.807) is 0 Å². The minimum atomic E-state index is -0.909. The molecule has 1 fully saturated rings. The lowest BCUT2D eigenvalue weighted by Crippen LogP contribution is -2.48. The molecule has 0 bridgehead atoms. The standard InChI is InChI=1S/C13H12I3NO3/c14-7-5-8(11(16)9(15)6-7)12(18)17-4-2-1-3-10(17)13(19)20/h5-6,10H,1-4H2,(H,19,20). The van der Waals surface area contributed by atoms with Crippen LogP contribution in [0.25, 0.3) is 0 Å². The molecule has 1 atom stereocenters. The van der Waals surface area contributed by atoms with Crippen LogP contribution in [0.1, 0.15) is 29.6 Å². The maximum Gasteiger partial charge on any atom is 0.326 e. The second-order valence-electron chi connectivity index (χ2n) is 4.60. The Morgan fingerprint density at radius 1 is 1.20 bits per heavy atom. The van der Waals surface area contributed by atoms with Gasteiger partial charge in [0, 0.05) is 17.3 Å². The summed E-state index contributed by atoms with van der Waals surface area (Å²) < 4.78 is 2.89. The van der Waals surface area contributed by atoms with Crippen LogP contribution in [0.5, 0.6) is 0 Å². The van der Waals surface area contributed by atoms with Crippen LogP contribution in [0, 0.1) is 10.7 Å². The number of halogens is 3. The van der Waals surface area contributed by atoms with Crippen LogP contribution in [0.15, 0.2) is 12.1 Å². The quantitative estimate of drug-likeness (QED) is 0.412. The summed E-state index contributed by atoms with van der Waals surface area (Å²) in [5.41, 5.74) is 0.607. The van der Waals surface area contributed by atoms with Gasteiger partial charge in [-0.1, -0.05) is 0 Å². The third kappa shape index (κ3) is 3.57. The first-order valence-electron chi connectivity index (χ1n) is 6.10. The van der Waals surface area contributed by atoms with Crippen LogP contribution in [0.4, 0.5) is 0 Å². The van der Waals surface area contributed by atoms with Crippen LogP contribution in [0.3, 0.4) is 0 Å². The lowest BCUT2D eigenvalue weighted by Gasteiger charge is -2.33. The van der Waals surface area contributed by atoms with Crippen LogP contribution < -0.4 is 0 Å². The Kier molecular flexibility index (Phi) is 5.91. The van der Waals surface area contributed by atoms with Crippen molar-refractivity contribution in [1.82, 2.24) is 4.90 Å². The van der Waals surface area contributed by atoms with E-state index in [1.807, 2.05) is 12.1 Å². The molecule has 4 nitrogen and oxygen atoms in total. The molecule has 1 heterocycles. The van der Waals surface area contributed by atoms with Gasteiger partial charge in [-0.2, -0.15) is 0 Å². The predicted octanol–water partition coefficient (Wildman–Crippen LogP) is 3.58. The van der Waals surface area contributed by atoms with E-state index in [2.05, 4.69) is 67.8 Å². The number of benzene rings is 1. The van der Waals surface area contributed by atoms with Crippen molar-refractivity contribution in [2.75, 3.05) is 6.54 Å². The summed E-state index contributed by atoms with van der Waals surface area (Å²) in [4.78, 5) is 25.5. The number of amides is 1. The highest BCUT2D eigenvalue weighted by Gasteiger charge is 2.33. The van der Waals surface area contributed by atoms with E-state index in [0.29, 0.717) is 18.5 Å². The fraction of sp³-hybridized carbons (Fsp3) is 0.385. The van der Waals surface area contributed by atoms with Gasteiger partial charge in [-0.3, -0.25) is 4.79 Å². The molecule has 1 aromatic carbocycles. The Bertz CT molecular complexity index is 562. The summed E-state index contributed by atoms with van der Waals surface area (Å²) in [6, 6.07) is 3.15. The molecule has 1 aromatic rings. The number of hydrogen-bond acceptors (Lipinski definition) is 2. The summed E-state index contributed by atoms with van der Waals surface area (Å²) in [5, 5.41) is 9.28. The predicted molar refractivity (Wildman–Crippen MR) is 101 cm³/mol. The van der Waals surface area contributed by atoms with Crippen LogP contribution in [0.2, 0.25) is 0 Å². The molecule has 0 spiro atoms. The Hall–Kier alpha value is 0.350. The zero-order chi connectivity index (χ0) is 14.9. The van der Waals surface area contributed by atoms with Gasteiger partial charge in [0.2, 0.25) is 0 Å². The number of piperidine rings is 1. The SMILES string of the molecule is O=C(O)C1CCCCN1C(=O)c1cc(I)cc(I)c1I. The van der Waals surface area contributed by atoms with Gasteiger partial charge in [-0.05, 0) is 99.2 Å². The molecular weight excluding hydrogens is 599 g/mol. The van der Waals surface area contributed by atoms with Gasteiger partial charge in [-0.15, -0.1) is 0 Å². The van der Waals surface area contributed by atoms with Crippen LogP contribution in [-0.2, 0) is 4.79 Å². The van der Waals surface area contributed by atoms with Crippen LogP contribution in [-0.4, -0.2) is 34.5 Å². The van der Waals surface area contributed by atoms with Gasteiger partial charge in [0.05, 0.1) is 5.56 Å². The average molecular weight is 611 g/mol. The number of likely N-dealkylation sites (tertiary alicyclic amines) is 1. The zero-order valence-electron chi connectivity index (χ0n) is 10.4. The van der Waals surface area contributed by atoms with Crippen molar-refractivity contribution in [3.8, 4) is 0 Å². The monoisotopic (exact) mass is 611 g/mol. The van der Waals surface area contributed by atoms with E-state index in [1.165, 1.54) is 4.90 Å². The van der Waals surface area contributed by atoms with Crippen molar-refractivity contribution < 1.29 is 14.7 Å².